The van der Waals surface area contributed by atoms with Crippen molar-refractivity contribution in [2.45, 2.75) is 32.6 Å². The largest absolute Gasteiger partial charge is 0.455 e. The summed E-state index contributed by atoms with van der Waals surface area (Å²) in [6, 6.07) is 12.5. The second kappa shape index (κ2) is 9.13. The summed E-state index contributed by atoms with van der Waals surface area (Å²) in [4.78, 5) is 0.209. The molecule has 0 spiro atoms. The normalized spacial score (nSPS) is 10.3. The summed E-state index contributed by atoms with van der Waals surface area (Å²) in [6.07, 6.45) is 1.44. The molecule has 0 aliphatic rings. The first-order valence-corrected chi connectivity index (χ1v) is 9.61. The number of hydrogen-bond donors (Lipinski definition) is 1. The van der Waals surface area contributed by atoms with Crippen LogP contribution in [0.4, 0.5) is 5.69 Å². The molecular formula is C19H27NO3S. The van der Waals surface area contributed by atoms with Crippen LogP contribution in [0.1, 0.15) is 27.8 Å². The zero-order valence-electron chi connectivity index (χ0n) is 14.7. The molecule has 2 rings (SSSR count). The molecule has 4 nitrogen and oxygen atoms in total. The highest BCUT2D eigenvalue weighted by Gasteiger charge is 2.20. The van der Waals surface area contributed by atoms with Gasteiger partial charge in [0.25, 0.3) is 0 Å². The van der Waals surface area contributed by atoms with Gasteiger partial charge in [-0.15, -0.1) is 0 Å². The lowest BCUT2D eigenvalue weighted by Gasteiger charge is -2.16. The average molecular weight is 349 g/mol. The third-order valence-corrected chi connectivity index (χ3v) is 5.03. The Morgan fingerprint density at radius 1 is 1.12 bits per heavy atom. The van der Waals surface area contributed by atoms with Crippen LogP contribution in [-0.2, 0) is 9.84 Å². The second-order valence-electron chi connectivity index (χ2n) is 4.75. The van der Waals surface area contributed by atoms with Crippen LogP contribution in [0.2, 0.25) is 0 Å². The number of nitrogens with one attached hydrogen (secondary N) is 1. The van der Waals surface area contributed by atoms with E-state index in [0.29, 0.717) is 17.2 Å². The highest BCUT2D eigenvalue weighted by Crippen LogP contribution is 2.36. The Balaban J connectivity index is 0.00000185. The van der Waals surface area contributed by atoms with Gasteiger partial charge in [0.2, 0.25) is 0 Å². The van der Waals surface area contributed by atoms with E-state index in [-0.39, 0.29) is 12.1 Å². The number of rotatable bonds is 6. The van der Waals surface area contributed by atoms with E-state index in [1.807, 2.05) is 45.0 Å². The maximum atomic E-state index is 12.2. The molecule has 0 saturated carbocycles. The van der Waals surface area contributed by atoms with E-state index in [4.69, 9.17) is 4.74 Å². The smallest absolute Gasteiger partial charge is 0.180 e. The summed E-state index contributed by atoms with van der Waals surface area (Å²) < 4.78 is 30.4. The Hall–Kier alpha value is -2.27. The third-order valence-electron chi connectivity index (χ3n) is 3.26. The van der Waals surface area contributed by atoms with E-state index in [2.05, 4.69) is 11.9 Å². The van der Waals surface area contributed by atoms with Crippen LogP contribution in [0.15, 0.2) is 60.1 Å². The summed E-state index contributed by atoms with van der Waals surface area (Å²) >= 11 is 0. The summed E-state index contributed by atoms with van der Waals surface area (Å²) in [5.74, 6) is 1.15. The molecule has 0 fully saturated rings. The number of para-hydroxylation sites is 2. The first-order chi connectivity index (χ1) is 11.5. The molecule has 0 amide bonds. The van der Waals surface area contributed by atoms with Crippen LogP contribution < -0.4 is 10.1 Å². The SMILES string of the molecule is C=CNc1c(Oc2ccccc2C)cccc1S(=O)(=O)CC.CC.[HH]. The number of benzene rings is 2. The summed E-state index contributed by atoms with van der Waals surface area (Å²) in [7, 11) is -3.37. The highest BCUT2D eigenvalue weighted by molar-refractivity contribution is 7.91. The molecule has 0 aliphatic carbocycles. The molecule has 132 valence electrons. The highest BCUT2D eigenvalue weighted by atomic mass is 32.2. The molecule has 0 bridgehead atoms. The second-order valence-corrected chi connectivity index (χ2v) is 7.00. The van der Waals surface area contributed by atoms with E-state index in [1.165, 1.54) is 6.20 Å². The molecule has 0 aliphatic heterocycles. The van der Waals surface area contributed by atoms with Crippen molar-refractivity contribution < 1.29 is 14.6 Å². The molecule has 0 atom stereocenters. The van der Waals surface area contributed by atoms with Crippen molar-refractivity contribution in [1.82, 2.24) is 0 Å². The Bertz CT molecular complexity index is 789. The van der Waals surface area contributed by atoms with Crippen molar-refractivity contribution in [2.75, 3.05) is 11.1 Å². The third kappa shape index (κ3) is 4.61. The van der Waals surface area contributed by atoms with Crippen molar-refractivity contribution in [3.05, 3.63) is 60.8 Å². The quantitative estimate of drug-likeness (QED) is 0.757. The standard InChI is InChI=1S/C17H19NO3S.C2H6.H2/c1-4-18-17-15(21-14-10-7-6-9-13(14)3)11-8-12-16(17)22(19,20)5-2;1-2;/h4,6-12,18H,1,5H2,2-3H3;1-2H3;1H. The Morgan fingerprint density at radius 2 is 1.75 bits per heavy atom. The van der Waals surface area contributed by atoms with Gasteiger partial charge in [-0.05, 0) is 36.9 Å². The number of ether oxygens (including phenoxy) is 1. The molecule has 24 heavy (non-hydrogen) atoms. The molecule has 0 radical (unpaired) electrons. The van der Waals surface area contributed by atoms with Gasteiger partial charge in [0.15, 0.2) is 15.6 Å². The van der Waals surface area contributed by atoms with Crippen LogP contribution in [0.5, 0.6) is 11.5 Å². The molecule has 0 aromatic heterocycles. The van der Waals surface area contributed by atoms with E-state index in [9.17, 15) is 8.42 Å². The van der Waals surface area contributed by atoms with Crippen molar-refractivity contribution in [2.24, 2.45) is 0 Å². The van der Waals surface area contributed by atoms with Crippen LogP contribution in [-0.4, -0.2) is 14.2 Å². The minimum absolute atomic E-state index is 0. The van der Waals surface area contributed by atoms with Crippen LogP contribution in [0, 0.1) is 6.92 Å². The van der Waals surface area contributed by atoms with Gasteiger partial charge in [0, 0.05) is 1.43 Å². The number of sulfone groups is 1. The van der Waals surface area contributed by atoms with Crippen LogP contribution >= 0.6 is 0 Å². The number of anilines is 1. The average Bonchev–Trinajstić information content (AvgIpc) is 2.60. The number of hydrogen-bond acceptors (Lipinski definition) is 4. The van der Waals surface area contributed by atoms with Gasteiger partial charge < -0.3 is 10.1 Å². The summed E-state index contributed by atoms with van der Waals surface area (Å²) in [6.45, 7) is 11.2. The van der Waals surface area contributed by atoms with Gasteiger partial charge in [0.05, 0.1) is 10.6 Å². The topological polar surface area (TPSA) is 55.4 Å². The lowest BCUT2D eigenvalue weighted by atomic mass is 10.2. The summed E-state index contributed by atoms with van der Waals surface area (Å²) in [5, 5.41) is 2.88. The maximum Gasteiger partial charge on any atom is 0.180 e. The monoisotopic (exact) mass is 349 g/mol. The lowest BCUT2D eigenvalue weighted by molar-refractivity contribution is 0.479. The fourth-order valence-electron chi connectivity index (χ4n) is 2.04. The molecular weight excluding hydrogens is 322 g/mol. The molecule has 0 saturated heterocycles. The minimum atomic E-state index is -3.37. The van der Waals surface area contributed by atoms with Gasteiger partial charge >= 0.3 is 0 Å². The molecule has 2 aromatic rings. The van der Waals surface area contributed by atoms with E-state index in [1.54, 1.807) is 25.1 Å². The molecule has 5 heteroatoms. The minimum Gasteiger partial charge on any atom is -0.455 e. The van der Waals surface area contributed by atoms with Crippen LogP contribution in [0.3, 0.4) is 0 Å². The first kappa shape index (κ1) is 19.8. The molecule has 0 heterocycles. The molecule has 1 N–H and O–H groups in total. The van der Waals surface area contributed by atoms with Gasteiger partial charge in [-0.3, -0.25) is 0 Å². The van der Waals surface area contributed by atoms with Crippen molar-refractivity contribution in [3.63, 3.8) is 0 Å². The van der Waals surface area contributed by atoms with Gasteiger partial charge in [-0.2, -0.15) is 0 Å². The Morgan fingerprint density at radius 3 is 2.33 bits per heavy atom. The fraction of sp³-hybridized carbons (Fsp3) is 0.263. The lowest BCUT2D eigenvalue weighted by Crippen LogP contribution is -2.07. The zero-order valence-corrected chi connectivity index (χ0v) is 15.5. The Labute approximate surface area is 146 Å². The first-order valence-electron chi connectivity index (χ1n) is 7.96. The molecule has 0 unspecified atom stereocenters. The van der Waals surface area contributed by atoms with Crippen molar-refractivity contribution in [1.29, 1.82) is 0 Å². The predicted molar refractivity (Wildman–Crippen MR) is 103 cm³/mol. The number of aryl methyl sites for hydroxylation is 1. The zero-order chi connectivity index (χ0) is 18.2. The van der Waals surface area contributed by atoms with Crippen molar-refractivity contribution >= 4 is 15.5 Å². The Kier molecular flexibility index (Phi) is 7.52. The van der Waals surface area contributed by atoms with E-state index in [0.717, 1.165) is 5.56 Å². The van der Waals surface area contributed by atoms with Crippen LogP contribution in [0.25, 0.3) is 0 Å². The van der Waals surface area contributed by atoms with E-state index >= 15 is 0 Å². The van der Waals surface area contributed by atoms with E-state index < -0.39 is 9.84 Å². The van der Waals surface area contributed by atoms with Gasteiger partial charge in [-0.1, -0.05) is 51.6 Å². The van der Waals surface area contributed by atoms with Gasteiger partial charge in [0.1, 0.15) is 11.4 Å². The molecule has 2 aromatic carbocycles. The maximum absolute atomic E-state index is 12.2. The van der Waals surface area contributed by atoms with Gasteiger partial charge in [-0.25, -0.2) is 8.42 Å². The summed E-state index contributed by atoms with van der Waals surface area (Å²) in [5.41, 5.74) is 1.37. The fourth-order valence-corrected chi connectivity index (χ4v) is 3.11. The van der Waals surface area contributed by atoms with Crippen molar-refractivity contribution in [3.8, 4) is 11.5 Å². The predicted octanol–water partition coefficient (Wildman–Crippen LogP) is 5.41.